The molecule has 0 aliphatic heterocycles. The van der Waals surface area contributed by atoms with E-state index in [-0.39, 0.29) is 22.1 Å². The molecule has 26 heavy (non-hydrogen) atoms. The van der Waals surface area contributed by atoms with Crippen molar-refractivity contribution >= 4 is 33.2 Å². The van der Waals surface area contributed by atoms with Gasteiger partial charge in [0.05, 0.1) is 17.2 Å². The molecule has 4 saturated carbocycles. The van der Waals surface area contributed by atoms with Crippen LogP contribution in [0.2, 0.25) is 10.0 Å². The summed E-state index contributed by atoms with van der Waals surface area (Å²) in [6.07, 6.45) is 7.53. The summed E-state index contributed by atoms with van der Waals surface area (Å²) in [4.78, 5) is 0.0656. The lowest BCUT2D eigenvalue weighted by Gasteiger charge is -2.56. The Bertz CT molecular complexity index is 774. The maximum Gasteiger partial charge on any atom is 0.242 e. The van der Waals surface area contributed by atoms with Gasteiger partial charge in [0.1, 0.15) is 4.90 Å². The fourth-order valence-electron chi connectivity index (χ4n) is 5.57. The molecule has 0 unspecified atom stereocenters. The molecule has 4 fully saturated rings. The molecule has 0 radical (unpaired) electrons. The molecule has 7 heteroatoms. The molecule has 5 rings (SSSR count). The Morgan fingerprint density at radius 2 is 1.69 bits per heavy atom. The molecular weight excluding hydrogens is 393 g/mol. The third-order valence-electron chi connectivity index (χ3n) is 6.36. The molecule has 4 aliphatic rings. The van der Waals surface area contributed by atoms with Crippen LogP contribution in [0.5, 0.6) is 0 Å². The van der Waals surface area contributed by atoms with Crippen LogP contribution >= 0.6 is 23.2 Å². The standard InChI is InChI=1S/C19H25Cl2NO3S/c1-12-16(20)2-3-17(18(12)21)26(23,24)22-4-5-25-19-9-13-6-14(10-19)8-15(7-13)11-19/h2-3,13-15,22H,4-11H2,1H3. The molecule has 1 N–H and O–H groups in total. The van der Waals surface area contributed by atoms with Crippen molar-refractivity contribution in [2.45, 2.75) is 55.9 Å². The smallest absolute Gasteiger partial charge is 0.242 e. The zero-order valence-electron chi connectivity index (χ0n) is 14.9. The number of sulfonamides is 1. The minimum Gasteiger partial charge on any atom is -0.374 e. The van der Waals surface area contributed by atoms with Crippen LogP contribution in [0.25, 0.3) is 0 Å². The summed E-state index contributed by atoms with van der Waals surface area (Å²) < 4.78 is 34.0. The van der Waals surface area contributed by atoms with E-state index in [1.54, 1.807) is 13.0 Å². The Labute approximate surface area is 165 Å². The van der Waals surface area contributed by atoms with Crippen LogP contribution in [-0.4, -0.2) is 27.2 Å². The number of benzene rings is 1. The predicted molar refractivity (Wildman–Crippen MR) is 103 cm³/mol. The summed E-state index contributed by atoms with van der Waals surface area (Å²) in [7, 11) is -3.68. The average molecular weight is 418 g/mol. The maximum atomic E-state index is 12.5. The van der Waals surface area contributed by atoms with E-state index in [0.717, 1.165) is 37.0 Å². The van der Waals surface area contributed by atoms with Gasteiger partial charge in [0.15, 0.2) is 0 Å². The molecule has 4 aliphatic carbocycles. The third kappa shape index (κ3) is 3.53. The first kappa shape index (κ1) is 19.0. The number of nitrogens with one attached hydrogen (secondary N) is 1. The highest BCUT2D eigenvalue weighted by Gasteiger charge is 2.51. The van der Waals surface area contributed by atoms with Crippen LogP contribution in [0.1, 0.15) is 44.1 Å². The normalized spacial score (nSPS) is 33.0. The minimum absolute atomic E-state index is 0.00526. The van der Waals surface area contributed by atoms with Crippen molar-refractivity contribution in [1.82, 2.24) is 4.72 Å². The number of hydrogen-bond donors (Lipinski definition) is 1. The van der Waals surface area contributed by atoms with Gasteiger partial charge in [-0.25, -0.2) is 13.1 Å². The van der Waals surface area contributed by atoms with Crippen LogP contribution in [0.15, 0.2) is 17.0 Å². The Kier molecular flexibility index (Phi) is 5.06. The zero-order chi connectivity index (χ0) is 18.5. The lowest BCUT2D eigenvalue weighted by molar-refractivity contribution is -0.160. The summed E-state index contributed by atoms with van der Waals surface area (Å²) in [5.74, 6) is 2.44. The monoisotopic (exact) mass is 417 g/mol. The van der Waals surface area contributed by atoms with Crippen molar-refractivity contribution in [3.05, 3.63) is 27.7 Å². The fourth-order valence-corrected chi connectivity index (χ4v) is 7.39. The minimum atomic E-state index is -3.68. The number of hydrogen-bond acceptors (Lipinski definition) is 3. The molecule has 0 amide bonds. The van der Waals surface area contributed by atoms with Crippen LogP contribution in [0.3, 0.4) is 0 Å². The highest BCUT2D eigenvalue weighted by atomic mass is 35.5. The van der Waals surface area contributed by atoms with Gasteiger partial charge >= 0.3 is 0 Å². The summed E-state index contributed by atoms with van der Waals surface area (Å²) in [5.41, 5.74) is 0.565. The first-order valence-corrected chi connectivity index (χ1v) is 11.6. The number of halogens is 2. The molecule has 0 saturated heterocycles. The summed E-state index contributed by atoms with van der Waals surface area (Å²) >= 11 is 12.2. The first-order valence-electron chi connectivity index (χ1n) is 9.36. The van der Waals surface area contributed by atoms with E-state index >= 15 is 0 Å². The van der Waals surface area contributed by atoms with Gasteiger partial charge in [-0.05, 0) is 80.9 Å². The predicted octanol–water partition coefficient (Wildman–Crippen LogP) is 4.57. The van der Waals surface area contributed by atoms with E-state index in [4.69, 9.17) is 27.9 Å². The highest BCUT2D eigenvalue weighted by molar-refractivity contribution is 7.89. The van der Waals surface area contributed by atoms with Crippen molar-refractivity contribution < 1.29 is 13.2 Å². The Balaban J connectivity index is 1.36. The largest absolute Gasteiger partial charge is 0.374 e. The second kappa shape index (κ2) is 6.93. The van der Waals surface area contributed by atoms with Gasteiger partial charge in [-0.3, -0.25) is 0 Å². The summed E-state index contributed by atoms with van der Waals surface area (Å²) in [5, 5.41) is 0.631. The van der Waals surface area contributed by atoms with Crippen LogP contribution in [0, 0.1) is 24.7 Å². The highest BCUT2D eigenvalue weighted by Crippen LogP contribution is 2.57. The molecule has 0 aromatic heterocycles. The maximum absolute atomic E-state index is 12.5. The van der Waals surface area contributed by atoms with E-state index in [9.17, 15) is 8.42 Å². The summed E-state index contributed by atoms with van der Waals surface area (Å²) in [6, 6.07) is 3.00. The third-order valence-corrected chi connectivity index (χ3v) is 8.87. The Morgan fingerprint density at radius 1 is 1.12 bits per heavy atom. The van der Waals surface area contributed by atoms with Crippen molar-refractivity contribution in [3.63, 3.8) is 0 Å². The summed E-state index contributed by atoms with van der Waals surface area (Å²) in [6.45, 7) is 2.36. The molecule has 4 nitrogen and oxygen atoms in total. The van der Waals surface area contributed by atoms with Gasteiger partial charge in [-0.15, -0.1) is 0 Å². The van der Waals surface area contributed by atoms with E-state index in [1.165, 1.54) is 25.3 Å². The van der Waals surface area contributed by atoms with Crippen molar-refractivity contribution in [1.29, 1.82) is 0 Å². The van der Waals surface area contributed by atoms with Crippen LogP contribution < -0.4 is 4.72 Å². The SMILES string of the molecule is Cc1c(Cl)ccc(S(=O)(=O)NCCOC23CC4CC(CC(C4)C2)C3)c1Cl. The fraction of sp³-hybridized carbons (Fsp3) is 0.684. The second-order valence-corrected chi connectivity index (χ2v) is 10.9. The number of ether oxygens (including phenoxy) is 1. The molecule has 1 aromatic rings. The zero-order valence-corrected chi connectivity index (χ0v) is 17.3. The average Bonchev–Trinajstić information content (AvgIpc) is 2.55. The van der Waals surface area contributed by atoms with E-state index in [0.29, 0.717) is 17.2 Å². The lowest BCUT2D eigenvalue weighted by Crippen LogP contribution is -2.52. The molecule has 144 valence electrons. The van der Waals surface area contributed by atoms with E-state index < -0.39 is 10.0 Å². The molecule has 0 atom stereocenters. The van der Waals surface area contributed by atoms with Gasteiger partial charge < -0.3 is 4.74 Å². The second-order valence-electron chi connectivity index (χ2n) is 8.33. The van der Waals surface area contributed by atoms with Gasteiger partial charge in [-0.2, -0.15) is 0 Å². The quantitative estimate of drug-likeness (QED) is 0.689. The van der Waals surface area contributed by atoms with Crippen molar-refractivity contribution in [2.24, 2.45) is 17.8 Å². The van der Waals surface area contributed by atoms with E-state index in [2.05, 4.69) is 4.72 Å². The topological polar surface area (TPSA) is 55.4 Å². The Hall–Kier alpha value is -0.330. The lowest BCUT2D eigenvalue weighted by atomic mass is 9.54. The van der Waals surface area contributed by atoms with Gasteiger partial charge in [0.25, 0.3) is 0 Å². The van der Waals surface area contributed by atoms with Crippen molar-refractivity contribution in [2.75, 3.05) is 13.2 Å². The van der Waals surface area contributed by atoms with Crippen LogP contribution in [-0.2, 0) is 14.8 Å². The van der Waals surface area contributed by atoms with Crippen LogP contribution in [0.4, 0.5) is 0 Å². The van der Waals surface area contributed by atoms with Crippen molar-refractivity contribution in [3.8, 4) is 0 Å². The van der Waals surface area contributed by atoms with Gasteiger partial charge in [0.2, 0.25) is 10.0 Å². The number of rotatable bonds is 6. The van der Waals surface area contributed by atoms with Gasteiger partial charge in [0, 0.05) is 11.6 Å². The Morgan fingerprint density at radius 3 is 2.27 bits per heavy atom. The molecule has 0 spiro atoms. The molecule has 0 heterocycles. The first-order chi connectivity index (χ1) is 12.3. The molecule has 4 bridgehead atoms. The molecular formula is C19H25Cl2NO3S. The van der Waals surface area contributed by atoms with Gasteiger partial charge in [-0.1, -0.05) is 23.2 Å². The van der Waals surface area contributed by atoms with E-state index in [1.807, 2.05) is 0 Å². The molecule has 1 aromatic carbocycles.